The molecule has 0 heterocycles. The zero-order valence-electron chi connectivity index (χ0n) is 8.94. The Kier molecular flexibility index (Phi) is 4.52. The first-order valence-corrected chi connectivity index (χ1v) is 5.42. The molecule has 3 amide bonds. The smallest absolute Gasteiger partial charge is 0.252 e. The third-order valence-electron chi connectivity index (χ3n) is 1.97. The quantitative estimate of drug-likeness (QED) is 0.681. The van der Waals surface area contributed by atoms with Gasteiger partial charge < -0.3 is 16.8 Å². The minimum atomic E-state index is -1.59. The second-order valence-electron chi connectivity index (χ2n) is 3.37. The van der Waals surface area contributed by atoms with Gasteiger partial charge in [0.05, 0.1) is 0 Å². The topological polar surface area (TPSA) is 115 Å². The van der Waals surface area contributed by atoms with Crippen LogP contribution >= 0.6 is 23.2 Å². The summed E-state index contributed by atoms with van der Waals surface area (Å²) in [5, 5.41) is 2.56. The highest BCUT2D eigenvalue weighted by Gasteiger charge is 2.24. The number of nitrogens with one attached hydrogen (secondary N) is 1. The van der Waals surface area contributed by atoms with Gasteiger partial charge in [0.2, 0.25) is 11.8 Å². The van der Waals surface area contributed by atoms with E-state index in [9.17, 15) is 14.4 Å². The fourth-order valence-corrected chi connectivity index (χ4v) is 1.71. The molecule has 0 aliphatic heterocycles. The van der Waals surface area contributed by atoms with Crippen LogP contribution in [0.15, 0.2) is 18.2 Å². The van der Waals surface area contributed by atoms with Crippen LogP contribution in [0.2, 0.25) is 10.0 Å². The molecule has 0 aromatic heterocycles. The molecule has 1 aromatic rings. The molecule has 0 atom stereocenters. The highest BCUT2D eigenvalue weighted by molar-refractivity contribution is 6.35. The van der Waals surface area contributed by atoms with Gasteiger partial charge in [-0.25, -0.2) is 0 Å². The molecule has 96 valence electrons. The van der Waals surface area contributed by atoms with Crippen LogP contribution in [0.4, 0.5) is 0 Å². The van der Waals surface area contributed by atoms with Crippen molar-refractivity contribution in [2.45, 2.75) is 6.04 Å². The fraction of sp³-hybridized carbons (Fsp3) is 0.100. The summed E-state index contributed by atoms with van der Waals surface area (Å²) in [5.74, 6) is -2.84. The van der Waals surface area contributed by atoms with Crippen molar-refractivity contribution in [2.75, 3.05) is 0 Å². The molecule has 0 radical (unpaired) electrons. The number of rotatable bonds is 4. The highest BCUT2D eigenvalue weighted by atomic mass is 35.5. The van der Waals surface area contributed by atoms with Gasteiger partial charge in [0, 0.05) is 15.6 Å². The Bertz CT molecular complexity index is 485. The first-order chi connectivity index (χ1) is 8.31. The lowest BCUT2D eigenvalue weighted by Crippen LogP contribution is -2.52. The van der Waals surface area contributed by atoms with E-state index in [0.29, 0.717) is 0 Å². The van der Waals surface area contributed by atoms with Crippen LogP contribution < -0.4 is 16.8 Å². The van der Waals surface area contributed by atoms with E-state index < -0.39 is 23.8 Å². The van der Waals surface area contributed by atoms with Gasteiger partial charge in [0.15, 0.2) is 6.04 Å². The van der Waals surface area contributed by atoms with E-state index in [4.69, 9.17) is 34.7 Å². The summed E-state index contributed by atoms with van der Waals surface area (Å²) in [4.78, 5) is 33.5. The molecule has 0 bridgehead atoms. The van der Waals surface area contributed by atoms with Gasteiger partial charge in [-0.05, 0) is 18.2 Å². The third-order valence-corrected chi connectivity index (χ3v) is 2.41. The Hall–Kier alpha value is -1.79. The Labute approximate surface area is 112 Å². The summed E-state index contributed by atoms with van der Waals surface area (Å²) in [6.45, 7) is 0. The number of halogens is 2. The van der Waals surface area contributed by atoms with Crippen LogP contribution in [0.5, 0.6) is 0 Å². The number of benzene rings is 1. The molecule has 5 N–H and O–H groups in total. The lowest BCUT2D eigenvalue weighted by atomic mass is 10.2. The van der Waals surface area contributed by atoms with E-state index in [1.807, 2.05) is 0 Å². The summed E-state index contributed by atoms with van der Waals surface area (Å²) in [6, 6.07) is 2.48. The summed E-state index contributed by atoms with van der Waals surface area (Å²) in [5.41, 5.74) is 9.92. The van der Waals surface area contributed by atoms with E-state index in [-0.39, 0.29) is 15.6 Å². The molecule has 0 fully saturated rings. The minimum absolute atomic E-state index is 0.0833. The maximum absolute atomic E-state index is 11.7. The fourth-order valence-electron chi connectivity index (χ4n) is 1.18. The number of amides is 3. The van der Waals surface area contributed by atoms with Crippen molar-refractivity contribution in [3.63, 3.8) is 0 Å². The lowest BCUT2D eigenvalue weighted by molar-refractivity contribution is -0.128. The third kappa shape index (κ3) is 3.61. The maximum atomic E-state index is 11.7. The molecule has 0 aliphatic rings. The number of nitrogens with two attached hydrogens (primary N) is 2. The summed E-state index contributed by atoms with van der Waals surface area (Å²) < 4.78 is 0. The molecular formula is C10H9Cl2N3O3. The number of hydrogen-bond donors (Lipinski definition) is 3. The molecule has 8 heteroatoms. The van der Waals surface area contributed by atoms with E-state index in [0.717, 1.165) is 0 Å². The van der Waals surface area contributed by atoms with Crippen molar-refractivity contribution in [2.24, 2.45) is 11.5 Å². The molecule has 0 saturated heterocycles. The average molecular weight is 290 g/mol. The Balaban J connectivity index is 2.94. The Morgan fingerprint density at radius 1 is 1.00 bits per heavy atom. The summed E-state index contributed by atoms with van der Waals surface area (Å²) in [7, 11) is 0. The summed E-state index contributed by atoms with van der Waals surface area (Å²) >= 11 is 11.4. The van der Waals surface area contributed by atoms with E-state index >= 15 is 0 Å². The summed E-state index contributed by atoms with van der Waals surface area (Å²) in [6.07, 6.45) is 0. The van der Waals surface area contributed by atoms with Crippen molar-refractivity contribution in [1.29, 1.82) is 0 Å². The monoisotopic (exact) mass is 289 g/mol. The minimum Gasteiger partial charge on any atom is -0.367 e. The zero-order valence-corrected chi connectivity index (χ0v) is 10.5. The predicted octanol–water partition coefficient (Wildman–Crippen LogP) is 0.0624. The zero-order chi connectivity index (χ0) is 13.9. The van der Waals surface area contributed by atoms with Gasteiger partial charge in [-0.1, -0.05) is 23.2 Å². The van der Waals surface area contributed by atoms with Crippen LogP contribution in [-0.4, -0.2) is 23.8 Å². The average Bonchev–Trinajstić information content (AvgIpc) is 2.23. The largest absolute Gasteiger partial charge is 0.367 e. The molecule has 0 saturated carbocycles. The van der Waals surface area contributed by atoms with Gasteiger partial charge >= 0.3 is 0 Å². The number of carbonyl (C=O) groups is 3. The van der Waals surface area contributed by atoms with Crippen molar-refractivity contribution >= 4 is 40.9 Å². The number of carbonyl (C=O) groups excluding carboxylic acids is 3. The van der Waals surface area contributed by atoms with Crippen LogP contribution in [-0.2, 0) is 9.59 Å². The van der Waals surface area contributed by atoms with Gasteiger partial charge in [0.1, 0.15) is 0 Å². The van der Waals surface area contributed by atoms with Gasteiger partial charge in [-0.15, -0.1) is 0 Å². The van der Waals surface area contributed by atoms with E-state index in [1.165, 1.54) is 18.2 Å². The molecule has 1 aromatic carbocycles. The van der Waals surface area contributed by atoms with Crippen LogP contribution in [0, 0.1) is 0 Å². The van der Waals surface area contributed by atoms with E-state index in [1.54, 1.807) is 0 Å². The SMILES string of the molecule is NC(=O)C(NC(=O)c1cc(Cl)cc(Cl)c1)C(N)=O. The molecule has 1 rings (SSSR count). The number of primary amides is 2. The van der Waals surface area contributed by atoms with Crippen molar-refractivity contribution in [3.05, 3.63) is 33.8 Å². The molecule has 0 unspecified atom stereocenters. The van der Waals surface area contributed by atoms with E-state index in [2.05, 4.69) is 5.32 Å². The first-order valence-electron chi connectivity index (χ1n) is 4.67. The molecule has 0 aliphatic carbocycles. The second-order valence-corrected chi connectivity index (χ2v) is 4.24. The molecular weight excluding hydrogens is 281 g/mol. The predicted molar refractivity (Wildman–Crippen MR) is 66.1 cm³/mol. The van der Waals surface area contributed by atoms with Crippen molar-refractivity contribution in [1.82, 2.24) is 5.32 Å². The molecule has 0 spiro atoms. The number of hydrogen-bond acceptors (Lipinski definition) is 3. The van der Waals surface area contributed by atoms with Crippen LogP contribution in [0.3, 0.4) is 0 Å². The van der Waals surface area contributed by atoms with Gasteiger partial charge in [-0.3, -0.25) is 14.4 Å². The standard InChI is InChI=1S/C10H9Cl2N3O3/c11-5-1-4(2-6(12)3-5)10(18)15-7(8(13)16)9(14)17/h1-3,7H,(H2,13,16)(H2,14,17)(H,15,18). The Morgan fingerprint density at radius 2 is 1.44 bits per heavy atom. The second kappa shape index (κ2) is 5.70. The first kappa shape index (κ1) is 14.3. The normalized spacial score (nSPS) is 10.2. The van der Waals surface area contributed by atoms with Crippen LogP contribution in [0.1, 0.15) is 10.4 Å². The lowest BCUT2D eigenvalue weighted by Gasteiger charge is -2.12. The Morgan fingerprint density at radius 3 is 1.83 bits per heavy atom. The van der Waals surface area contributed by atoms with Crippen molar-refractivity contribution < 1.29 is 14.4 Å². The van der Waals surface area contributed by atoms with Gasteiger partial charge in [-0.2, -0.15) is 0 Å². The van der Waals surface area contributed by atoms with Crippen molar-refractivity contribution in [3.8, 4) is 0 Å². The van der Waals surface area contributed by atoms with Crippen LogP contribution in [0.25, 0.3) is 0 Å². The molecule has 6 nitrogen and oxygen atoms in total. The highest BCUT2D eigenvalue weighted by Crippen LogP contribution is 2.18. The van der Waals surface area contributed by atoms with Gasteiger partial charge in [0.25, 0.3) is 5.91 Å². The molecule has 18 heavy (non-hydrogen) atoms. The maximum Gasteiger partial charge on any atom is 0.252 e.